The Morgan fingerprint density at radius 2 is 2.11 bits per heavy atom. The van der Waals surface area contributed by atoms with Crippen LogP contribution in [0.4, 0.5) is 5.69 Å². The van der Waals surface area contributed by atoms with E-state index in [4.69, 9.17) is 5.26 Å². The van der Waals surface area contributed by atoms with Crippen LogP contribution in [0.15, 0.2) is 23.2 Å². The van der Waals surface area contributed by atoms with Gasteiger partial charge in [-0.25, -0.2) is 0 Å². The average molecular weight is 245 g/mol. The molecule has 94 valence electrons. The first kappa shape index (κ1) is 13.7. The zero-order chi connectivity index (χ0) is 13.5. The second kappa shape index (κ2) is 6.40. The van der Waals surface area contributed by atoms with Crippen molar-refractivity contribution in [3.05, 3.63) is 29.3 Å². The Bertz CT molecular complexity index is 483. The number of ether oxygens (including phenoxy) is 1. The number of hydrogen-bond acceptors (Lipinski definition) is 4. The zero-order valence-electron chi connectivity index (χ0n) is 10.7. The summed E-state index contributed by atoms with van der Waals surface area (Å²) in [5, 5.41) is 8.50. The Labute approximate surface area is 106 Å². The highest BCUT2D eigenvalue weighted by molar-refractivity contribution is 5.89. The van der Waals surface area contributed by atoms with Gasteiger partial charge in [0.25, 0.3) is 0 Å². The summed E-state index contributed by atoms with van der Waals surface area (Å²) in [6.07, 6.45) is 3.01. The molecule has 0 unspecified atom stereocenters. The number of nitrogens with zero attached hydrogens (tertiary/aromatic N) is 3. The number of benzene rings is 1. The van der Waals surface area contributed by atoms with Crippen LogP contribution in [0.3, 0.4) is 0 Å². The minimum absolute atomic E-state index is 0.0212. The smallest absolute Gasteiger partial charge is 0.325 e. The molecule has 0 aromatic heterocycles. The number of para-hydroxylation sites is 1. The number of nitriles is 1. The molecule has 5 heteroatoms. The molecule has 0 radical (unpaired) electrons. The fourth-order valence-corrected chi connectivity index (χ4v) is 1.74. The fraction of sp³-hybridized carbons (Fsp3) is 0.308. The molecule has 0 fully saturated rings. The summed E-state index contributed by atoms with van der Waals surface area (Å²) < 4.78 is 4.64. The highest BCUT2D eigenvalue weighted by atomic mass is 16.5. The van der Waals surface area contributed by atoms with E-state index >= 15 is 0 Å². The van der Waals surface area contributed by atoms with Gasteiger partial charge in [0.1, 0.15) is 12.9 Å². The summed E-state index contributed by atoms with van der Waals surface area (Å²) in [6, 6.07) is 5.81. The Hall–Kier alpha value is -2.35. The van der Waals surface area contributed by atoms with Gasteiger partial charge in [0.15, 0.2) is 0 Å². The van der Waals surface area contributed by atoms with Crippen molar-refractivity contribution in [2.75, 3.05) is 18.6 Å². The van der Waals surface area contributed by atoms with E-state index in [1.54, 1.807) is 11.1 Å². The maximum Gasteiger partial charge on any atom is 0.325 e. The van der Waals surface area contributed by atoms with Gasteiger partial charge < -0.3 is 9.64 Å². The van der Waals surface area contributed by atoms with Gasteiger partial charge in [0.05, 0.1) is 7.11 Å². The largest absolute Gasteiger partial charge is 0.468 e. The van der Waals surface area contributed by atoms with Crippen LogP contribution in [0.1, 0.15) is 11.1 Å². The molecule has 0 aliphatic carbocycles. The average Bonchev–Trinajstić information content (AvgIpc) is 2.35. The van der Waals surface area contributed by atoms with Crippen molar-refractivity contribution < 1.29 is 9.53 Å². The summed E-state index contributed by atoms with van der Waals surface area (Å²) in [7, 11) is 1.33. The quantitative estimate of drug-likeness (QED) is 0.351. The van der Waals surface area contributed by atoms with Gasteiger partial charge in [-0.05, 0) is 25.0 Å². The number of hydrogen-bond donors (Lipinski definition) is 0. The van der Waals surface area contributed by atoms with Crippen molar-refractivity contribution in [1.29, 1.82) is 5.26 Å². The third kappa shape index (κ3) is 3.32. The lowest BCUT2D eigenvalue weighted by Crippen LogP contribution is -2.30. The summed E-state index contributed by atoms with van der Waals surface area (Å²) in [4.78, 5) is 16.5. The van der Waals surface area contributed by atoms with E-state index < -0.39 is 0 Å². The van der Waals surface area contributed by atoms with Crippen LogP contribution in [-0.4, -0.2) is 26.0 Å². The van der Waals surface area contributed by atoms with Gasteiger partial charge in [-0.3, -0.25) is 4.79 Å². The Kier molecular flexibility index (Phi) is 4.88. The number of methoxy groups -OCH3 is 1. The van der Waals surface area contributed by atoms with Crippen molar-refractivity contribution in [3.8, 4) is 6.19 Å². The maximum absolute atomic E-state index is 11.4. The lowest BCUT2D eigenvalue weighted by Gasteiger charge is -2.22. The normalized spacial score (nSPS) is 10.1. The summed E-state index contributed by atoms with van der Waals surface area (Å²) in [6.45, 7) is 3.90. The number of carbonyl (C=O) groups is 1. The van der Waals surface area contributed by atoms with Crippen molar-refractivity contribution in [1.82, 2.24) is 0 Å². The predicted molar refractivity (Wildman–Crippen MR) is 69.4 cm³/mol. The Morgan fingerprint density at radius 1 is 1.50 bits per heavy atom. The van der Waals surface area contributed by atoms with Crippen LogP contribution in [-0.2, 0) is 9.53 Å². The van der Waals surface area contributed by atoms with Crippen molar-refractivity contribution >= 4 is 18.0 Å². The highest BCUT2D eigenvalue weighted by Crippen LogP contribution is 2.23. The first-order valence-corrected chi connectivity index (χ1v) is 5.42. The van der Waals surface area contributed by atoms with Gasteiger partial charge in [-0.1, -0.05) is 18.2 Å². The number of esters is 1. The molecule has 0 aliphatic heterocycles. The molecular weight excluding hydrogens is 230 g/mol. The van der Waals surface area contributed by atoms with Crippen molar-refractivity contribution in [2.45, 2.75) is 13.8 Å². The lowest BCUT2D eigenvalue weighted by atomic mass is 10.1. The number of aliphatic imine (C=N–C) groups is 1. The van der Waals surface area contributed by atoms with E-state index in [1.807, 2.05) is 32.0 Å². The van der Waals surface area contributed by atoms with Gasteiger partial charge in [0, 0.05) is 5.69 Å². The number of aryl methyl sites for hydroxylation is 2. The van der Waals surface area contributed by atoms with Crippen LogP contribution < -0.4 is 4.90 Å². The van der Waals surface area contributed by atoms with Crippen molar-refractivity contribution in [3.63, 3.8) is 0 Å². The molecule has 18 heavy (non-hydrogen) atoms. The lowest BCUT2D eigenvalue weighted by molar-refractivity contribution is -0.138. The van der Waals surface area contributed by atoms with Crippen LogP contribution in [0.5, 0.6) is 0 Å². The number of rotatable bonds is 4. The van der Waals surface area contributed by atoms with E-state index in [-0.39, 0.29) is 12.5 Å². The van der Waals surface area contributed by atoms with E-state index in [9.17, 15) is 4.79 Å². The summed E-state index contributed by atoms with van der Waals surface area (Å²) in [5.74, 6) is -0.387. The van der Waals surface area contributed by atoms with Gasteiger partial charge in [0.2, 0.25) is 6.19 Å². The molecule has 0 aliphatic rings. The topological polar surface area (TPSA) is 65.7 Å². The highest BCUT2D eigenvalue weighted by Gasteiger charge is 2.14. The zero-order valence-corrected chi connectivity index (χ0v) is 10.7. The summed E-state index contributed by atoms with van der Waals surface area (Å²) in [5.41, 5.74) is 2.87. The van der Waals surface area contributed by atoms with Crippen LogP contribution >= 0.6 is 0 Å². The molecule has 0 spiro atoms. The minimum atomic E-state index is -0.387. The Balaban J connectivity index is 3.13. The molecule has 1 aromatic carbocycles. The molecular formula is C13H15N3O2. The van der Waals surface area contributed by atoms with Crippen LogP contribution in [0.2, 0.25) is 0 Å². The van der Waals surface area contributed by atoms with Gasteiger partial charge in [-0.15, -0.1) is 0 Å². The fourth-order valence-electron chi connectivity index (χ4n) is 1.74. The van der Waals surface area contributed by atoms with E-state index in [0.29, 0.717) is 0 Å². The molecule has 0 bridgehead atoms. The number of carbonyl (C=O) groups excluding carboxylic acids is 1. The van der Waals surface area contributed by atoms with E-state index in [2.05, 4.69) is 9.73 Å². The molecule has 1 rings (SSSR count). The van der Waals surface area contributed by atoms with Crippen LogP contribution in [0.25, 0.3) is 0 Å². The molecule has 1 aromatic rings. The molecule has 5 nitrogen and oxygen atoms in total. The predicted octanol–water partition coefficient (Wildman–Crippen LogP) is 1.79. The second-order valence-corrected chi connectivity index (χ2v) is 3.79. The molecule has 0 N–H and O–H groups in total. The molecule has 0 amide bonds. The second-order valence-electron chi connectivity index (χ2n) is 3.79. The Morgan fingerprint density at radius 3 is 2.61 bits per heavy atom. The third-order valence-electron chi connectivity index (χ3n) is 2.51. The molecule has 0 saturated heterocycles. The molecule has 0 saturated carbocycles. The monoisotopic (exact) mass is 245 g/mol. The number of anilines is 1. The molecule has 0 atom stereocenters. The van der Waals surface area contributed by atoms with E-state index in [1.165, 1.54) is 13.4 Å². The minimum Gasteiger partial charge on any atom is -0.468 e. The van der Waals surface area contributed by atoms with Crippen LogP contribution in [0, 0.1) is 25.3 Å². The van der Waals surface area contributed by atoms with Gasteiger partial charge in [-0.2, -0.15) is 10.3 Å². The van der Waals surface area contributed by atoms with E-state index in [0.717, 1.165) is 16.8 Å². The first-order chi connectivity index (χ1) is 8.60. The van der Waals surface area contributed by atoms with Gasteiger partial charge >= 0.3 is 5.97 Å². The first-order valence-electron chi connectivity index (χ1n) is 5.42. The summed E-state index contributed by atoms with van der Waals surface area (Å²) >= 11 is 0. The van der Waals surface area contributed by atoms with Crippen molar-refractivity contribution in [2.24, 2.45) is 4.99 Å². The molecule has 0 heterocycles. The SMILES string of the molecule is COC(=O)CN(C=NC#N)c1c(C)cccc1C. The standard InChI is InChI=1S/C13H15N3O2/c1-10-5-4-6-11(2)13(10)16(9-15-8-14)7-12(17)18-3/h4-6,9H,7H2,1-3H3. The maximum atomic E-state index is 11.4. The third-order valence-corrected chi connectivity index (χ3v) is 2.51.